The third-order valence-electron chi connectivity index (χ3n) is 5.08. The molecule has 10 heteroatoms. The fourth-order valence-electron chi connectivity index (χ4n) is 3.39. The Morgan fingerprint density at radius 3 is 2.06 bits per heavy atom. The summed E-state index contributed by atoms with van der Waals surface area (Å²) >= 11 is 18.2. The number of halogens is 3. The van der Waals surface area contributed by atoms with Crippen LogP contribution in [0.15, 0.2) is 77.5 Å². The lowest BCUT2D eigenvalue weighted by Gasteiger charge is -2.16. The molecule has 0 aliphatic carbocycles. The van der Waals surface area contributed by atoms with Crippen molar-refractivity contribution in [2.24, 2.45) is 0 Å². The predicted molar refractivity (Wildman–Crippen MR) is 136 cm³/mol. The second-order valence-electron chi connectivity index (χ2n) is 7.56. The molecule has 3 aromatic rings. The van der Waals surface area contributed by atoms with Crippen molar-refractivity contribution in [2.75, 3.05) is 15.5 Å². The highest BCUT2D eigenvalue weighted by atomic mass is 35.5. The molecule has 0 saturated carbocycles. The molecule has 0 spiro atoms. The topological polar surface area (TPSA) is 95.6 Å². The monoisotopic (exact) mass is 527 g/mol. The van der Waals surface area contributed by atoms with Gasteiger partial charge >= 0.3 is 0 Å². The zero-order valence-corrected chi connectivity index (χ0v) is 20.3. The Labute approximate surface area is 215 Å². The van der Waals surface area contributed by atoms with E-state index in [-0.39, 0.29) is 37.8 Å². The average molecular weight is 529 g/mol. The molecule has 0 aromatic heterocycles. The number of Topliss-reactive ketones (excluding diaryl/α,β-unsaturated/α-hetero) is 1. The molecule has 3 amide bonds. The minimum Gasteiger partial charge on any atom is -0.350 e. The highest BCUT2D eigenvalue weighted by Gasteiger charge is 2.39. The number of anilines is 3. The standard InChI is InChI=1S/C25H16Cl3N3O4/c1-13(32)14-5-7-18(8-6-14)30-23(33)15-3-2-4-19(9-15)29-22-21(28)24(34)31(25(22)35)20-11-16(26)10-17(27)12-20/h2-12,29H,1H3,(H,30,33). The first-order valence-corrected chi connectivity index (χ1v) is 11.3. The minimum absolute atomic E-state index is 0.0772. The highest BCUT2D eigenvalue weighted by Crippen LogP contribution is 2.33. The Morgan fingerprint density at radius 1 is 0.771 bits per heavy atom. The number of carbonyl (C=O) groups is 4. The minimum atomic E-state index is -0.736. The summed E-state index contributed by atoms with van der Waals surface area (Å²) in [6.45, 7) is 1.46. The lowest BCUT2D eigenvalue weighted by Crippen LogP contribution is -2.32. The van der Waals surface area contributed by atoms with Gasteiger partial charge in [-0.1, -0.05) is 40.9 Å². The van der Waals surface area contributed by atoms with Crippen LogP contribution >= 0.6 is 34.8 Å². The van der Waals surface area contributed by atoms with Gasteiger partial charge in [0.25, 0.3) is 17.7 Å². The summed E-state index contributed by atoms with van der Waals surface area (Å²) in [7, 11) is 0. The lowest BCUT2D eigenvalue weighted by atomic mass is 10.1. The highest BCUT2D eigenvalue weighted by molar-refractivity contribution is 6.53. The van der Waals surface area contributed by atoms with Crippen LogP contribution in [0.5, 0.6) is 0 Å². The first-order chi connectivity index (χ1) is 16.6. The maximum atomic E-state index is 13.0. The van der Waals surface area contributed by atoms with Gasteiger partial charge in [-0.05, 0) is 67.6 Å². The molecule has 176 valence electrons. The third kappa shape index (κ3) is 5.22. The van der Waals surface area contributed by atoms with Crippen LogP contribution in [0.25, 0.3) is 0 Å². The van der Waals surface area contributed by atoms with Crippen LogP contribution in [-0.2, 0) is 9.59 Å². The summed E-state index contributed by atoms with van der Waals surface area (Å²) in [5.41, 5.74) is 1.73. The molecule has 0 unspecified atom stereocenters. The molecule has 0 radical (unpaired) electrons. The number of nitrogens with one attached hydrogen (secondary N) is 2. The quantitative estimate of drug-likeness (QED) is 0.307. The molecule has 7 nitrogen and oxygen atoms in total. The van der Waals surface area contributed by atoms with E-state index in [0.717, 1.165) is 4.90 Å². The smallest absolute Gasteiger partial charge is 0.283 e. The number of benzene rings is 3. The second kappa shape index (κ2) is 9.92. The van der Waals surface area contributed by atoms with E-state index in [1.807, 2.05) is 0 Å². The van der Waals surface area contributed by atoms with Crippen molar-refractivity contribution in [3.8, 4) is 0 Å². The molecule has 2 N–H and O–H groups in total. The molecular weight excluding hydrogens is 513 g/mol. The van der Waals surface area contributed by atoms with Crippen LogP contribution in [0.3, 0.4) is 0 Å². The average Bonchev–Trinajstić information content (AvgIpc) is 3.02. The number of hydrogen-bond acceptors (Lipinski definition) is 5. The van der Waals surface area contributed by atoms with Gasteiger partial charge in [0, 0.05) is 32.5 Å². The Balaban J connectivity index is 1.52. The Morgan fingerprint density at radius 2 is 1.43 bits per heavy atom. The number of amides is 3. The molecule has 1 aliphatic rings. The Bertz CT molecular complexity index is 1400. The molecule has 0 saturated heterocycles. The van der Waals surface area contributed by atoms with Crippen LogP contribution in [0.1, 0.15) is 27.6 Å². The fraction of sp³-hybridized carbons (Fsp3) is 0.0400. The van der Waals surface area contributed by atoms with Crippen molar-refractivity contribution >= 4 is 75.4 Å². The number of rotatable bonds is 6. The predicted octanol–water partition coefficient (Wildman–Crippen LogP) is 5.88. The van der Waals surface area contributed by atoms with E-state index in [1.165, 1.54) is 31.2 Å². The second-order valence-corrected chi connectivity index (χ2v) is 8.81. The van der Waals surface area contributed by atoms with Crippen LogP contribution in [-0.4, -0.2) is 23.5 Å². The molecular formula is C25H16Cl3N3O4. The van der Waals surface area contributed by atoms with Crippen LogP contribution in [0.2, 0.25) is 10.0 Å². The van der Waals surface area contributed by atoms with E-state index < -0.39 is 17.7 Å². The van der Waals surface area contributed by atoms with Gasteiger partial charge in [0.2, 0.25) is 0 Å². The maximum absolute atomic E-state index is 13.0. The van der Waals surface area contributed by atoms with Crippen molar-refractivity contribution in [2.45, 2.75) is 6.92 Å². The van der Waals surface area contributed by atoms with E-state index in [9.17, 15) is 19.2 Å². The van der Waals surface area contributed by atoms with Gasteiger partial charge < -0.3 is 10.6 Å². The van der Waals surface area contributed by atoms with Gasteiger partial charge in [-0.3, -0.25) is 19.2 Å². The largest absolute Gasteiger partial charge is 0.350 e. The molecule has 0 bridgehead atoms. The van der Waals surface area contributed by atoms with Crippen LogP contribution in [0.4, 0.5) is 17.1 Å². The van der Waals surface area contributed by atoms with Gasteiger partial charge in [-0.25, -0.2) is 4.90 Å². The van der Waals surface area contributed by atoms with Crippen molar-refractivity contribution in [1.29, 1.82) is 0 Å². The van der Waals surface area contributed by atoms with Crippen LogP contribution < -0.4 is 15.5 Å². The van der Waals surface area contributed by atoms with E-state index in [4.69, 9.17) is 34.8 Å². The van der Waals surface area contributed by atoms with Gasteiger partial charge in [0.05, 0.1) is 5.69 Å². The van der Waals surface area contributed by atoms with E-state index >= 15 is 0 Å². The van der Waals surface area contributed by atoms with Crippen molar-refractivity contribution in [1.82, 2.24) is 0 Å². The van der Waals surface area contributed by atoms with E-state index in [0.29, 0.717) is 16.9 Å². The molecule has 0 atom stereocenters. The summed E-state index contributed by atoms with van der Waals surface area (Å²) in [5.74, 6) is -1.92. The summed E-state index contributed by atoms with van der Waals surface area (Å²) in [4.78, 5) is 50.7. The summed E-state index contributed by atoms with van der Waals surface area (Å²) in [6.07, 6.45) is 0. The van der Waals surface area contributed by atoms with E-state index in [1.54, 1.807) is 42.5 Å². The third-order valence-corrected chi connectivity index (χ3v) is 5.86. The molecule has 35 heavy (non-hydrogen) atoms. The number of carbonyl (C=O) groups excluding carboxylic acids is 4. The summed E-state index contributed by atoms with van der Waals surface area (Å²) < 4.78 is 0. The molecule has 1 aliphatic heterocycles. The SMILES string of the molecule is CC(=O)c1ccc(NC(=O)c2cccc(NC3=C(Cl)C(=O)N(c4cc(Cl)cc(Cl)c4)C3=O)c2)cc1. The fourth-order valence-corrected chi connectivity index (χ4v) is 4.12. The normalized spacial score (nSPS) is 13.3. The zero-order valence-electron chi connectivity index (χ0n) is 18.1. The number of nitrogens with zero attached hydrogens (tertiary/aromatic N) is 1. The summed E-state index contributed by atoms with van der Waals surface area (Å²) in [5, 5.41) is 5.76. The summed E-state index contributed by atoms with van der Waals surface area (Å²) in [6, 6.07) is 17.1. The lowest BCUT2D eigenvalue weighted by molar-refractivity contribution is -0.120. The van der Waals surface area contributed by atoms with Gasteiger partial charge in [0.15, 0.2) is 5.78 Å². The maximum Gasteiger partial charge on any atom is 0.283 e. The Kier molecular flexibility index (Phi) is 6.93. The number of hydrogen-bond donors (Lipinski definition) is 2. The molecule has 0 fully saturated rings. The van der Waals surface area contributed by atoms with Crippen molar-refractivity contribution in [3.05, 3.63) is 98.6 Å². The first kappa shape index (κ1) is 24.5. The van der Waals surface area contributed by atoms with Crippen LogP contribution in [0, 0.1) is 0 Å². The van der Waals surface area contributed by atoms with Crippen molar-refractivity contribution < 1.29 is 19.2 Å². The number of imide groups is 1. The van der Waals surface area contributed by atoms with Gasteiger partial charge in [0.1, 0.15) is 10.7 Å². The first-order valence-electron chi connectivity index (χ1n) is 10.2. The zero-order chi connectivity index (χ0) is 25.3. The number of ketones is 1. The molecule has 3 aromatic carbocycles. The molecule has 4 rings (SSSR count). The van der Waals surface area contributed by atoms with Gasteiger partial charge in [-0.2, -0.15) is 0 Å². The van der Waals surface area contributed by atoms with Crippen molar-refractivity contribution in [3.63, 3.8) is 0 Å². The van der Waals surface area contributed by atoms with E-state index in [2.05, 4.69) is 10.6 Å². The van der Waals surface area contributed by atoms with Gasteiger partial charge in [-0.15, -0.1) is 0 Å². The Hall–Kier alpha value is -3.65. The molecule has 1 heterocycles.